The van der Waals surface area contributed by atoms with Gasteiger partial charge in [0.1, 0.15) is 0 Å². The molecule has 5 rings (SSSR count). The Morgan fingerprint density at radius 3 is 2.24 bits per heavy atom. The second-order valence-corrected chi connectivity index (χ2v) is 8.92. The van der Waals surface area contributed by atoms with E-state index in [0.717, 1.165) is 33.8 Å². The third-order valence-electron chi connectivity index (χ3n) is 6.56. The molecule has 0 radical (unpaired) electrons. The van der Waals surface area contributed by atoms with E-state index in [1.807, 2.05) is 30.7 Å². The van der Waals surface area contributed by atoms with Crippen molar-refractivity contribution in [1.29, 1.82) is 0 Å². The van der Waals surface area contributed by atoms with Gasteiger partial charge in [0, 0.05) is 41.7 Å². The maximum Gasteiger partial charge on any atom is 0.261 e. The monoisotopic (exact) mass is 454 g/mol. The van der Waals surface area contributed by atoms with Crippen LogP contribution in [0, 0.1) is 19.8 Å². The van der Waals surface area contributed by atoms with Gasteiger partial charge in [-0.1, -0.05) is 25.1 Å². The van der Waals surface area contributed by atoms with Crippen molar-refractivity contribution < 1.29 is 4.52 Å². The van der Waals surface area contributed by atoms with E-state index >= 15 is 0 Å². The first-order chi connectivity index (χ1) is 16.4. The van der Waals surface area contributed by atoms with Crippen molar-refractivity contribution in [3.8, 4) is 28.7 Å². The van der Waals surface area contributed by atoms with Gasteiger partial charge < -0.3 is 4.52 Å². The molecule has 0 aliphatic carbocycles. The molecule has 5 aromatic rings. The molecule has 1 unspecified atom stereocenters. The second-order valence-electron chi connectivity index (χ2n) is 8.92. The fraction of sp³-hybridized carbons (Fsp3) is 0.280. The topological polar surface area (TPSA) is 111 Å². The Morgan fingerprint density at radius 1 is 0.912 bits per heavy atom. The maximum atomic E-state index is 5.52. The first kappa shape index (κ1) is 21.7. The third kappa shape index (κ3) is 3.59. The van der Waals surface area contributed by atoms with Gasteiger partial charge in [-0.25, -0.2) is 9.97 Å². The minimum atomic E-state index is -0.485. The van der Waals surface area contributed by atoms with Gasteiger partial charge in [0.05, 0.1) is 22.9 Å². The molecule has 0 bridgehead atoms. The first-order valence-electron chi connectivity index (χ1n) is 11.2. The Hall–Kier alpha value is -4.14. The SMILES string of the molecule is Cc1ccc(C)n1-c1ncc(-c2ccc(C(C)(c3noc(-c4cn[nH]c4)n3)C(C)C)cn2)cn1. The normalized spacial score (nSPS) is 13.4. The van der Waals surface area contributed by atoms with Crippen molar-refractivity contribution in [1.82, 2.24) is 39.9 Å². The Kier molecular flexibility index (Phi) is 5.31. The molecular weight excluding hydrogens is 428 g/mol. The molecule has 9 nitrogen and oxygen atoms in total. The van der Waals surface area contributed by atoms with Crippen LogP contribution in [0.5, 0.6) is 0 Å². The van der Waals surface area contributed by atoms with E-state index in [-0.39, 0.29) is 5.92 Å². The molecule has 0 fully saturated rings. The first-order valence-corrected chi connectivity index (χ1v) is 11.2. The van der Waals surface area contributed by atoms with Crippen molar-refractivity contribution in [2.45, 2.75) is 40.0 Å². The van der Waals surface area contributed by atoms with Crippen LogP contribution in [-0.2, 0) is 5.41 Å². The average Bonchev–Trinajstić information content (AvgIpc) is 3.60. The number of aryl methyl sites for hydroxylation is 2. The zero-order chi connectivity index (χ0) is 23.9. The highest BCUT2D eigenvalue weighted by Crippen LogP contribution is 2.38. The van der Waals surface area contributed by atoms with Crippen molar-refractivity contribution in [2.24, 2.45) is 5.92 Å². The summed E-state index contributed by atoms with van der Waals surface area (Å²) in [5.41, 5.74) is 5.12. The van der Waals surface area contributed by atoms with Crippen LogP contribution in [0.3, 0.4) is 0 Å². The molecule has 1 N–H and O–H groups in total. The van der Waals surface area contributed by atoms with Crippen LogP contribution in [-0.4, -0.2) is 39.9 Å². The number of rotatable bonds is 6. The molecule has 0 aromatic carbocycles. The molecule has 0 saturated heterocycles. The molecule has 0 spiro atoms. The van der Waals surface area contributed by atoms with Gasteiger partial charge in [-0.05, 0) is 50.5 Å². The standard InChI is InChI=1S/C25H26N8O/c1-15(2)25(5,23-31-22(34-32-23)19-12-29-30-13-19)20-8-9-21(26-14-20)18-10-27-24(28-11-18)33-16(3)6-7-17(33)4/h6-15H,1-5H3,(H,29,30). The van der Waals surface area contributed by atoms with Crippen LogP contribution < -0.4 is 0 Å². The van der Waals surface area contributed by atoms with Crippen molar-refractivity contribution in [3.63, 3.8) is 0 Å². The van der Waals surface area contributed by atoms with Crippen LogP contribution in [0.4, 0.5) is 0 Å². The lowest BCUT2D eigenvalue weighted by Gasteiger charge is -2.30. The quantitative estimate of drug-likeness (QED) is 0.396. The summed E-state index contributed by atoms with van der Waals surface area (Å²) in [5.74, 6) is 1.90. The summed E-state index contributed by atoms with van der Waals surface area (Å²) < 4.78 is 7.54. The smallest absolute Gasteiger partial charge is 0.261 e. The van der Waals surface area contributed by atoms with E-state index in [2.05, 4.69) is 69.3 Å². The fourth-order valence-electron chi connectivity index (χ4n) is 4.06. The Morgan fingerprint density at radius 2 is 1.65 bits per heavy atom. The largest absolute Gasteiger partial charge is 0.334 e. The third-order valence-corrected chi connectivity index (χ3v) is 6.56. The van der Waals surface area contributed by atoms with Gasteiger partial charge in [0.25, 0.3) is 5.89 Å². The number of H-pyrrole nitrogens is 1. The highest BCUT2D eigenvalue weighted by atomic mass is 16.5. The highest BCUT2D eigenvalue weighted by Gasteiger charge is 2.38. The Labute approximate surface area is 197 Å². The number of nitrogens with one attached hydrogen (secondary N) is 1. The summed E-state index contributed by atoms with van der Waals surface area (Å²) in [4.78, 5) is 18.5. The van der Waals surface area contributed by atoms with Crippen molar-refractivity contribution >= 4 is 0 Å². The minimum absolute atomic E-state index is 0.200. The number of nitrogens with zero attached hydrogens (tertiary/aromatic N) is 7. The molecule has 0 saturated carbocycles. The zero-order valence-electron chi connectivity index (χ0n) is 19.8. The molecule has 9 heteroatoms. The molecule has 5 aromatic heterocycles. The number of aromatic amines is 1. The molecule has 1 atom stereocenters. The summed E-state index contributed by atoms with van der Waals surface area (Å²) in [6, 6.07) is 8.16. The molecule has 0 aliphatic rings. The van der Waals surface area contributed by atoms with Crippen LogP contribution in [0.25, 0.3) is 28.7 Å². The average molecular weight is 455 g/mol. The lowest BCUT2D eigenvalue weighted by Crippen LogP contribution is -2.31. The summed E-state index contributed by atoms with van der Waals surface area (Å²) in [6.07, 6.45) is 8.87. The number of hydrogen-bond donors (Lipinski definition) is 1. The van der Waals surface area contributed by atoms with Crippen LogP contribution in [0.1, 0.15) is 43.5 Å². The summed E-state index contributed by atoms with van der Waals surface area (Å²) in [6.45, 7) is 10.5. The van der Waals surface area contributed by atoms with E-state index in [1.165, 1.54) is 0 Å². The van der Waals surface area contributed by atoms with Crippen LogP contribution in [0.2, 0.25) is 0 Å². The van der Waals surface area contributed by atoms with Gasteiger partial charge in [0.15, 0.2) is 5.82 Å². The van der Waals surface area contributed by atoms with Crippen molar-refractivity contribution in [3.05, 3.63) is 78.0 Å². The zero-order valence-corrected chi connectivity index (χ0v) is 19.8. The van der Waals surface area contributed by atoms with E-state index in [9.17, 15) is 0 Å². The van der Waals surface area contributed by atoms with Gasteiger partial charge in [-0.3, -0.25) is 14.6 Å². The van der Waals surface area contributed by atoms with E-state index in [4.69, 9.17) is 9.51 Å². The summed E-state index contributed by atoms with van der Waals surface area (Å²) in [7, 11) is 0. The molecule has 0 aliphatic heterocycles. The van der Waals surface area contributed by atoms with E-state index < -0.39 is 5.41 Å². The minimum Gasteiger partial charge on any atom is -0.334 e. The molecule has 172 valence electrons. The van der Waals surface area contributed by atoms with Crippen LogP contribution in [0.15, 0.2) is 59.8 Å². The predicted molar refractivity (Wildman–Crippen MR) is 127 cm³/mol. The highest BCUT2D eigenvalue weighted by molar-refractivity contribution is 5.57. The lowest BCUT2D eigenvalue weighted by atomic mass is 9.73. The number of hydrogen-bond acceptors (Lipinski definition) is 7. The Bertz CT molecular complexity index is 1380. The van der Waals surface area contributed by atoms with Gasteiger partial charge in [-0.15, -0.1) is 0 Å². The van der Waals surface area contributed by atoms with Gasteiger partial charge in [0.2, 0.25) is 5.95 Å². The lowest BCUT2D eigenvalue weighted by molar-refractivity contribution is 0.350. The van der Waals surface area contributed by atoms with Gasteiger partial charge >= 0.3 is 0 Å². The van der Waals surface area contributed by atoms with Crippen LogP contribution >= 0.6 is 0 Å². The molecular formula is C25H26N8O. The van der Waals surface area contributed by atoms with E-state index in [0.29, 0.717) is 17.7 Å². The number of aromatic nitrogens is 8. The maximum absolute atomic E-state index is 5.52. The molecule has 5 heterocycles. The summed E-state index contributed by atoms with van der Waals surface area (Å²) >= 11 is 0. The van der Waals surface area contributed by atoms with Crippen molar-refractivity contribution in [2.75, 3.05) is 0 Å². The number of pyridine rings is 1. The van der Waals surface area contributed by atoms with E-state index in [1.54, 1.807) is 24.8 Å². The summed E-state index contributed by atoms with van der Waals surface area (Å²) in [5, 5.41) is 11.0. The molecule has 34 heavy (non-hydrogen) atoms. The second kappa shape index (κ2) is 8.33. The predicted octanol–water partition coefficient (Wildman–Crippen LogP) is 4.68. The molecule has 0 amide bonds. The fourth-order valence-corrected chi connectivity index (χ4v) is 4.06. The Balaban J connectivity index is 1.44. The van der Waals surface area contributed by atoms with Gasteiger partial charge in [-0.2, -0.15) is 10.1 Å².